The lowest BCUT2D eigenvalue weighted by atomic mass is 10.1. The highest BCUT2D eigenvalue weighted by Gasteiger charge is 2.12. The molecule has 0 fully saturated rings. The zero-order valence-electron chi connectivity index (χ0n) is 12.6. The molecule has 1 heteroatoms. The summed E-state index contributed by atoms with van der Waals surface area (Å²) in [5.74, 6) is 0. The van der Waals surface area contributed by atoms with E-state index in [0.717, 1.165) is 6.54 Å². The van der Waals surface area contributed by atoms with Crippen LogP contribution in [0.2, 0.25) is 0 Å². The monoisotopic (exact) mass is 253 g/mol. The van der Waals surface area contributed by atoms with Gasteiger partial charge in [0.2, 0.25) is 0 Å². The van der Waals surface area contributed by atoms with Crippen molar-refractivity contribution in [1.82, 2.24) is 0 Å². The van der Waals surface area contributed by atoms with Gasteiger partial charge in [0.15, 0.2) is 0 Å². The Morgan fingerprint density at radius 1 is 0.737 bits per heavy atom. The zero-order chi connectivity index (χ0) is 14.0. The van der Waals surface area contributed by atoms with Gasteiger partial charge in [0.25, 0.3) is 0 Å². The third-order valence-electron chi connectivity index (χ3n) is 3.60. The largest absolute Gasteiger partial charge is 0.341 e. The van der Waals surface area contributed by atoms with Crippen molar-refractivity contribution < 1.29 is 0 Å². The molecule has 0 spiro atoms. The van der Waals surface area contributed by atoms with Crippen LogP contribution < -0.4 is 4.90 Å². The van der Waals surface area contributed by atoms with Crippen molar-refractivity contribution in [3.63, 3.8) is 0 Å². The minimum Gasteiger partial charge on any atom is -0.341 e. The van der Waals surface area contributed by atoms with Crippen molar-refractivity contribution in [3.05, 3.63) is 58.7 Å². The highest BCUT2D eigenvalue weighted by molar-refractivity contribution is 5.69. The van der Waals surface area contributed by atoms with Crippen molar-refractivity contribution in [2.75, 3.05) is 11.4 Å². The molecule has 0 aliphatic rings. The fraction of sp³-hybridized carbons (Fsp3) is 0.333. The van der Waals surface area contributed by atoms with Crippen LogP contribution in [0.1, 0.15) is 29.2 Å². The smallest absolute Gasteiger partial charge is 0.0440 e. The van der Waals surface area contributed by atoms with Crippen LogP contribution in [0.5, 0.6) is 0 Å². The Labute approximate surface area is 116 Å². The third kappa shape index (κ3) is 2.81. The zero-order valence-corrected chi connectivity index (χ0v) is 12.6. The molecule has 0 bridgehead atoms. The van der Waals surface area contributed by atoms with Crippen LogP contribution in [0, 0.1) is 27.7 Å². The van der Waals surface area contributed by atoms with Crippen LogP contribution in [-0.2, 0) is 0 Å². The highest BCUT2D eigenvalue weighted by Crippen LogP contribution is 2.31. The fourth-order valence-corrected chi connectivity index (χ4v) is 2.69. The SMILES string of the molecule is CCN(c1ccc(C)cc1C)c1ccc(C)cc1C. The highest BCUT2D eigenvalue weighted by atomic mass is 15.1. The standard InChI is InChI=1S/C18H23N/c1-6-19(17-9-7-13(2)11-15(17)4)18-10-8-14(3)12-16(18)5/h7-12H,6H2,1-5H3. The van der Waals surface area contributed by atoms with Crippen LogP contribution in [0.3, 0.4) is 0 Å². The normalized spacial score (nSPS) is 10.6. The minimum atomic E-state index is 0.980. The molecule has 0 N–H and O–H groups in total. The summed E-state index contributed by atoms with van der Waals surface area (Å²) in [7, 11) is 0. The second kappa shape index (κ2) is 5.48. The van der Waals surface area contributed by atoms with E-state index in [1.54, 1.807) is 0 Å². The molecular formula is C18H23N. The second-order valence-electron chi connectivity index (χ2n) is 5.32. The topological polar surface area (TPSA) is 3.24 Å². The molecule has 0 radical (unpaired) electrons. The molecule has 0 atom stereocenters. The summed E-state index contributed by atoms with van der Waals surface area (Å²) < 4.78 is 0. The van der Waals surface area contributed by atoms with Crippen LogP contribution in [0.25, 0.3) is 0 Å². The van der Waals surface area contributed by atoms with Gasteiger partial charge < -0.3 is 4.90 Å². The van der Waals surface area contributed by atoms with E-state index in [9.17, 15) is 0 Å². The van der Waals surface area contributed by atoms with Gasteiger partial charge in [-0.2, -0.15) is 0 Å². The molecule has 0 saturated heterocycles. The van der Waals surface area contributed by atoms with Gasteiger partial charge in [0.1, 0.15) is 0 Å². The Morgan fingerprint density at radius 2 is 1.16 bits per heavy atom. The van der Waals surface area contributed by atoms with E-state index in [4.69, 9.17) is 0 Å². The van der Waals surface area contributed by atoms with E-state index < -0.39 is 0 Å². The summed E-state index contributed by atoms with van der Waals surface area (Å²) in [5.41, 5.74) is 7.92. The van der Waals surface area contributed by atoms with E-state index in [0.29, 0.717) is 0 Å². The average Bonchev–Trinajstić information content (AvgIpc) is 2.34. The summed E-state index contributed by atoms with van der Waals surface area (Å²) in [6.45, 7) is 11.9. The summed E-state index contributed by atoms with van der Waals surface area (Å²) in [4.78, 5) is 2.39. The van der Waals surface area contributed by atoms with Gasteiger partial charge in [0, 0.05) is 17.9 Å². The number of aryl methyl sites for hydroxylation is 4. The van der Waals surface area contributed by atoms with Gasteiger partial charge in [-0.25, -0.2) is 0 Å². The molecule has 0 unspecified atom stereocenters. The van der Waals surface area contributed by atoms with E-state index in [-0.39, 0.29) is 0 Å². The first-order valence-corrected chi connectivity index (χ1v) is 6.95. The van der Waals surface area contributed by atoms with Gasteiger partial charge in [-0.05, 0) is 57.9 Å². The summed E-state index contributed by atoms with van der Waals surface area (Å²) in [6.07, 6.45) is 0. The first kappa shape index (κ1) is 13.7. The molecule has 0 saturated carbocycles. The molecule has 100 valence electrons. The molecule has 2 aromatic rings. The Morgan fingerprint density at radius 3 is 1.47 bits per heavy atom. The molecule has 0 aliphatic carbocycles. The van der Waals surface area contributed by atoms with Crippen LogP contribution in [-0.4, -0.2) is 6.54 Å². The molecule has 19 heavy (non-hydrogen) atoms. The predicted octanol–water partition coefficient (Wildman–Crippen LogP) is 5.08. The first-order valence-electron chi connectivity index (χ1n) is 6.95. The van der Waals surface area contributed by atoms with Crippen LogP contribution in [0.4, 0.5) is 11.4 Å². The molecule has 0 aromatic heterocycles. The Bertz CT molecular complexity index is 533. The number of nitrogens with zero attached hydrogens (tertiary/aromatic N) is 1. The van der Waals surface area contributed by atoms with Gasteiger partial charge in [-0.3, -0.25) is 0 Å². The minimum absolute atomic E-state index is 0.980. The van der Waals surface area contributed by atoms with Crippen molar-refractivity contribution in [1.29, 1.82) is 0 Å². The van der Waals surface area contributed by atoms with E-state index in [1.165, 1.54) is 33.6 Å². The van der Waals surface area contributed by atoms with Crippen molar-refractivity contribution in [3.8, 4) is 0 Å². The Kier molecular flexibility index (Phi) is 3.94. The van der Waals surface area contributed by atoms with E-state index in [2.05, 4.69) is 75.9 Å². The lowest BCUT2D eigenvalue weighted by Crippen LogP contribution is -2.18. The maximum Gasteiger partial charge on any atom is 0.0440 e. The number of anilines is 2. The number of rotatable bonds is 3. The molecule has 0 aliphatic heterocycles. The fourth-order valence-electron chi connectivity index (χ4n) is 2.69. The number of benzene rings is 2. The lowest BCUT2D eigenvalue weighted by Gasteiger charge is -2.27. The van der Waals surface area contributed by atoms with Gasteiger partial charge >= 0.3 is 0 Å². The van der Waals surface area contributed by atoms with Crippen LogP contribution >= 0.6 is 0 Å². The Hall–Kier alpha value is -1.76. The number of hydrogen-bond donors (Lipinski definition) is 0. The molecule has 2 rings (SSSR count). The average molecular weight is 253 g/mol. The quantitative estimate of drug-likeness (QED) is 0.737. The van der Waals surface area contributed by atoms with Crippen molar-refractivity contribution in [2.24, 2.45) is 0 Å². The summed E-state index contributed by atoms with van der Waals surface area (Å²) in [6, 6.07) is 13.3. The van der Waals surface area contributed by atoms with Crippen molar-refractivity contribution >= 4 is 11.4 Å². The molecular weight excluding hydrogens is 230 g/mol. The van der Waals surface area contributed by atoms with E-state index >= 15 is 0 Å². The molecule has 2 aromatic carbocycles. The number of hydrogen-bond acceptors (Lipinski definition) is 1. The van der Waals surface area contributed by atoms with Gasteiger partial charge in [0.05, 0.1) is 0 Å². The lowest BCUT2D eigenvalue weighted by molar-refractivity contribution is 1.01. The van der Waals surface area contributed by atoms with Gasteiger partial charge in [-0.15, -0.1) is 0 Å². The summed E-state index contributed by atoms with van der Waals surface area (Å²) in [5, 5.41) is 0. The third-order valence-corrected chi connectivity index (χ3v) is 3.60. The molecule has 0 amide bonds. The van der Waals surface area contributed by atoms with Crippen LogP contribution in [0.15, 0.2) is 36.4 Å². The summed E-state index contributed by atoms with van der Waals surface area (Å²) >= 11 is 0. The second-order valence-corrected chi connectivity index (χ2v) is 5.32. The maximum atomic E-state index is 2.39. The maximum absolute atomic E-state index is 2.39. The molecule has 0 heterocycles. The van der Waals surface area contributed by atoms with Gasteiger partial charge in [-0.1, -0.05) is 35.4 Å². The predicted molar refractivity (Wildman–Crippen MR) is 84.5 cm³/mol. The van der Waals surface area contributed by atoms with Crippen molar-refractivity contribution in [2.45, 2.75) is 34.6 Å². The Balaban J connectivity index is 2.50. The van der Waals surface area contributed by atoms with E-state index in [1.807, 2.05) is 0 Å². The molecule has 1 nitrogen and oxygen atoms in total. The first-order chi connectivity index (χ1) is 9.02.